The van der Waals surface area contributed by atoms with E-state index in [9.17, 15) is 0 Å². The number of aromatic nitrogens is 2. The van der Waals surface area contributed by atoms with Gasteiger partial charge in [-0.05, 0) is 18.8 Å². The van der Waals surface area contributed by atoms with Gasteiger partial charge in [-0.25, -0.2) is 9.97 Å². The van der Waals surface area contributed by atoms with Crippen molar-refractivity contribution in [2.75, 3.05) is 37.5 Å². The van der Waals surface area contributed by atoms with Crippen molar-refractivity contribution in [3.05, 3.63) is 6.33 Å². The lowest BCUT2D eigenvalue weighted by atomic mass is 9.99. The molecular formula is C12H20N4O. The molecule has 0 bridgehead atoms. The second-order valence-corrected chi connectivity index (χ2v) is 4.50. The van der Waals surface area contributed by atoms with Crippen LogP contribution in [0.25, 0.3) is 0 Å². The van der Waals surface area contributed by atoms with Crippen LogP contribution in [0.3, 0.4) is 0 Å². The standard InChI is InChI=1S/C12H20N4O/c1-9-4-6-16(7-5-9)12-10(17-3)11(13-2)14-8-15-12/h8-9H,4-7H2,1-3H3,(H,13,14,15). The van der Waals surface area contributed by atoms with Gasteiger partial charge in [-0.2, -0.15) is 0 Å². The summed E-state index contributed by atoms with van der Waals surface area (Å²) in [6, 6.07) is 0. The average molecular weight is 236 g/mol. The predicted octanol–water partition coefficient (Wildman–Crippen LogP) is 1.76. The van der Waals surface area contributed by atoms with E-state index in [1.807, 2.05) is 7.05 Å². The lowest BCUT2D eigenvalue weighted by molar-refractivity contribution is 0.401. The first-order chi connectivity index (χ1) is 8.26. The molecule has 2 rings (SSSR count). The number of anilines is 2. The molecule has 1 aliphatic rings. The molecule has 0 spiro atoms. The molecule has 0 radical (unpaired) electrons. The van der Waals surface area contributed by atoms with Gasteiger partial charge in [-0.3, -0.25) is 0 Å². The Hall–Kier alpha value is -1.52. The highest BCUT2D eigenvalue weighted by Crippen LogP contribution is 2.33. The van der Waals surface area contributed by atoms with E-state index in [2.05, 4.69) is 27.1 Å². The molecule has 0 aromatic carbocycles. The maximum atomic E-state index is 5.42. The van der Waals surface area contributed by atoms with Gasteiger partial charge in [0.05, 0.1) is 7.11 Å². The summed E-state index contributed by atoms with van der Waals surface area (Å²) in [6.07, 6.45) is 4.01. The summed E-state index contributed by atoms with van der Waals surface area (Å²) in [7, 11) is 3.50. The molecule has 0 saturated carbocycles. The molecule has 1 N–H and O–H groups in total. The Bertz CT molecular complexity index is 375. The molecule has 1 fully saturated rings. The summed E-state index contributed by atoms with van der Waals surface area (Å²) < 4.78 is 5.42. The molecule has 1 saturated heterocycles. The minimum atomic E-state index is 0.740. The number of methoxy groups -OCH3 is 1. The van der Waals surface area contributed by atoms with Crippen molar-refractivity contribution in [1.82, 2.24) is 9.97 Å². The molecule has 17 heavy (non-hydrogen) atoms. The van der Waals surface area contributed by atoms with E-state index in [4.69, 9.17) is 4.74 Å². The van der Waals surface area contributed by atoms with Crippen LogP contribution < -0.4 is 15.0 Å². The molecule has 0 aliphatic carbocycles. The Morgan fingerprint density at radius 2 is 2.06 bits per heavy atom. The van der Waals surface area contributed by atoms with Crippen LogP contribution in [0.2, 0.25) is 0 Å². The van der Waals surface area contributed by atoms with Gasteiger partial charge in [-0.15, -0.1) is 0 Å². The monoisotopic (exact) mass is 236 g/mol. The fraction of sp³-hybridized carbons (Fsp3) is 0.667. The van der Waals surface area contributed by atoms with Gasteiger partial charge < -0.3 is 15.0 Å². The van der Waals surface area contributed by atoms with Crippen LogP contribution in [0.4, 0.5) is 11.6 Å². The summed E-state index contributed by atoms with van der Waals surface area (Å²) in [5, 5.41) is 3.03. The van der Waals surface area contributed by atoms with Crippen LogP contribution >= 0.6 is 0 Å². The number of hydrogen-bond acceptors (Lipinski definition) is 5. The Balaban J connectivity index is 2.25. The zero-order valence-electron chi connectivity index (χ0n) is 10.7. The zero-order chi connectivity index (χ0) is 12.3. The van der Waals surface area contributed by atoms with Crippen LogP contribution in [0.15, 0.2) is 6.33 Å². The summed E-state index contributed by atoms with van der Waals surface area (Å²) in [6.45, 7) is 4.38. The van der Waals surface area contributed by atoms with Gasteiger partial charge >= 0.3 is 0 Å². The van der Waals surface area contributed by atoms with Crippen molar-refractivity contribution in [3.8, 4) is 5.75 Å². The van der Waals surface area contributed by atoms with E-state index in [0.29, 0.717) is 0 Å². The fourth-order valence-electron chi connectivity index (χ4n) is 2.18. The van der Waals surface area contributed by atoms with E-state index in [0.717, 1.165) is 36.4 Å². The first-order valence-electron chi connectivity index (χ1n) is 6.08. The Morgan fingerprint density at radius 1 is 1.35 bits per heavy atom. The Morgan fingerprint density at radius 3 is 2.65 bits per heavy atom. The summed E-state index contributed by atoms with van der Waals surface area (Å²) in [4.78, 5) is 10.8. The minimum Gasteiger partial charge on any atom is -0.490 e. The van der Waals surface area contributed by atoms with Crippen LogP contribution in [0, 0.1) is 5.92 Å². The molecule has 5 heteroatoms. The number of nitrogens with one attached hydrogen (secondary N) is 1. The van der Waals surface area contributed by atoms with E-state index in [1.165, 1.54) is 12.8 Å². The molecule has 1 aliphatic heterocycles. The van der Waals surface area contributed by atoms with E-state index >= 15 is 0 Å². The highest BCUT2D eigenvalue weighted by atomic mass is 16.5. The van der Waals surface area contributed by atoms with Crippen LogP contribution in [0.1, 0.15) is 19.8 Å². The van der Waals surface area contributed by atoms with E-state index in [1.54, 1.807) is 13.4 Å². The number of piperidine rings is 1. The van der Waals surface area contributed by atoms with Gasteiger partial charge in [0.15, 0.2) is 11.6 Å². The molecule has 0 atom stereocenters. The highest BCUT2D eigenvalue weighted by Gasteiger charge is 2.21. The molecule has 0 unspecified atom stereocenters. The average Bonchev–Trinajstić information content (AvgIpc) is 2.38. The quantitative estimate of drug-likeness (QED) is 0.866. The van der Waals surface area contributed by atoms with E-state index in [-0.39, 0.29) is 0 Å². The first kappa shape index (κ1) is 12.0. The molecule has 94 valence electrons. The summed E-state index contributed by atoms with van der Waals surface area (Å²) in [5.41, 5.74) is 0. The van der Waals surface area contributed by atoms with Gasteiger partial charge in [0, 0.05) is 20.1 Å². The van der Waals surface area contributed by atoms with Crippen LogP contribution in [0.5, 0.6) is 5.75 Å². The van der Waals surface area contributed by atoms with Gasteiger partial charge in [0.1, 0.15) is 6.33 Å². The highest BCUT2D eigenvalue weighted by molar-refractivity contribution is 5.64. The van der Waals surface area contributed by atoms with Gasteiger partial charge in [0.2, 0.25) is 5.75 Å². The van der Waals surface area contributed by atoms with Crippen molar-refractivity contribution < 1.29 is 4.74 Å². The molecular weight excluding hydrogens is 216 g/mol. The molecule has 1 aromatic heterocycles. The normalized spacial score (nSPS) is 17.0. The maximum Gasteiger partial charge on any atom is 0.204 e. The summed E-state index contributed by atoms with van der Waals surface area (Å²) in [5.74, 6) is 3.20. The lowest BCUT2D eigenvalue weighted by Crippen LogP contribution is -2.33. The van der Waals surface area contributed by atoms with Crippen molar-refractivity contribution in [2.45, 2.75) is 19.8 Å². The maximum absolute atomic E-state index is 5.42. The largest absolute Gasteiger partial charge is 0.490 e. The second-order valence-electron chi connectivity index (χ2n) is 4.50. The third kappa shape index (κ3) is 2.43. The third-order valence-electron chi connectivity index (χ3n) is 3.31. The minimum absolute atomic E-state index is 0.740. The number of nitrogens with zero attached hydrogens (tertiary/aromatic N) is 3. The van der Waals surface area contributed by atoms with Crippen LogP contribution in [-0.4, -0.2) is 37.2 Å². The SMILES string of the molecule is CNc1ncnc(N2CCC(C)CC2)c1OC. The first-order valence-corrected chi connectivity index (χ1v) is 6.08. The number of hydrogen-bond donors (Lipinski definition) is 1. The zero-order valence-corrected chi connectivity index (χ0v) is 10.7. The Kier molecular flexibility index (Phi) is 3.66. The molecule has 2 heterocycles. The van der Waals surface area contributed by atoms with Crippen molar-refractivity contribution in [2.24, 2.45) is 5.92 Å². The third-order valence-corrected chi connectivity index (χ3v) is 3.31. The number of rotatable bonds is 3. The molecule has 1 aromatic rings. The molecule has 0 amide bonds. The predicted molar refractivity (Wildman–Crippen MR) is 68.7 cm³/mol. The smallest absolute Gasteiger partial charge is 0.204 e. The topological polar surface area (TPSA) is 50.3 Å². The van der Waals surface area contributed by atoms with Crippen molar-refractivity contribution >= 4 is 11.6 Å². The van der Waals surface area contributed by atoms with E-state index < -0.39 is 0 Å². The van der Waals surface area contributed by atoms with Gasteiger partial charge in [-0.1, -0.05) is 6.92 Å². The van der Waals surface area contributed by atoms with Crippen molar-refractivity contribution in [1.29, 1.82) is 0 Å². The lowest BCUT2D eigenvalue weighted by Gasteiger charge is -2.32. The van der Waals surface area contributed by atoms with Gasteiger partial charge in [0.25, 0.3) is 0 Å². The second kappa shape index (κ2) is 5.21. The van der Waals surface area contributed by atoms with Crippen LogP contribution in [-0.2, 0) is 0 Å². The fourth-order valence-corrected chi connectivity index (χ4v) is 2.18. The number of ether oxygens (including phenoxy) is 1. The summed E-state index contributed by atoms with van der Waals surface area (Å²) >= 11 is 0. The van der Waals surface area contributed by atoms with Crippen molar-refractivity contribution in [3.63, 3.8) is 0 Å². The Labute approximate surface area is 102 Å². The molecule has 5 nitrogen and oxygen atoms in total.